The number of aliphatic hydroxyl groups is 1. The zero-order valence-electron chi connectivity index (χ0n) is 12.4. The highest BCUT2D eigenvalue weighted by Gasteiger charge is 2.36. The van der Waals surface area contributed by atoms with Crippen molar-refractivity contribution in [1.29, 1.82) is 0 Å². The van der Waals surface area contributed by atoms with Gasteiger partial charge < -0.3 is 10.4 Å². The minimum Gasteiger partial charge on any atom is -0.389 e. The van der Waals surface area contributed by atoms with E-state index in [0.717, 1.165) is 45.2 Å². The molecule has 0 unspecified atom stereocenters. The molecule has 2 nitrogen and oxygen atoms in total. The van der Waals surface area contributed by atoms with Gasteiger partial charge in [-0.15, -0.1) is 0 Å². The van der Waals surface area contributed by atoms with Crippen molar-refractivity contribution >= 4 is 0 Å². The normalized spacial score (nSPS) is 23.6. The van der Waals surface area contributed by atoms with Gasteiger partial charge in [0.2, 0.25) is 0 Å². The smallest absolute Gasteiger partial charge is 0.0772 e. The molecule has 0 aromatic heterocycles. The summed E-state index contributed by atoms with van der Waals surface area (Å²) in [4.78, 5) is 0. The van der Waals surface area contributed by atoms with Gasteiger partial charge in [-0.1, -0.05) is 34.6 Å². The second kappa shape index (κ2) is 5.27. The summed E-state index contributed by atoms with van der Waals surface area (Å²) in [5, 5.41) is 13.9. The summed E-state index contributed by atoms with van der Waals surface area (Å²) < 4.78 is 0. The van der Waals surface area contributed by atoms with Crippen LogP contribution in [0.1, 0.15) is 66.7 Å². The first-order chi connectivity index (χ1) is 7.62. The minimum atomic E-state index is -0.451. The van der Waals surface area contributed by atoms with Crippen LogP contribution in [0.2, 0.25) is 0 Å². The summed E-state index contributed by atoms with van der Waals surface area (Å²) in [5.41, 5.74) is 0.356. The van der Waals surface area contributed by atoms with Gasteiger partial charge in [-0.3, -0.25) is 0 Å². The molecule has 2 heteroatoms. The second-order valence-electron chi connectivity index (χ2n) is 7.88. The lowest BCUT2D eigenvalue weighted by atomic mass is 9.71. The topological polar surface area (TPSA) is 32.3 Å². The van der Waals surface area contributed by atoms with Gasteiger partial charge in [0, 0.05) is 6.54 Å². The van der Waals surface area contributed by atoms with Crippen LogP contribution in [0.5, 0.6) is 0 Å². The molecule has 0 heterocycles. The maximum absolute atomic E-state index is 10.5. The van der Waals surface area contributed by atoms with E-state index in [-0.39, 0.29) is 0 Å². The van der Waals surface area contributed by atoms with Gasteiger partial charge in [-0.05, 0) is 49.5 Å². The fourth-order valence-electron chi connectivity index (χ4n) is 2.35. The van der Waals surface area contributed by atoms with Crippen molar-refractivity contribution in [3.05, 3.63) is 0 Å². The summed E-state index contributed by atoms with van der Waals surface area (Å²) in [6.45, 7) is 13.2. The van der Waals surface area contributed by atoms with E-state index in [9.17, 15) is 5.11 Å². The average Bonchev–Trinajstić information content (AvgIpc) is 2.17. The SMILES string of the molecule is CC(C)(C)CCNCC1(O)CCC(C)(C)CC1. The third-order valence-electron chi connectivity index (χ3n) is 4.04. The molecule has 0 aromatic carbocycles. The van der Waals surface area contributed by atoms with Gasteiger partial charge in [0.15, 0.2) is 0 Å². The monoisotopic (exact) mass is 241 g/mol. The minimum absolute atomic E-state index is 0.379. The highest BCUT2D eigenvalue weighted by atomic mass is 16.3. The van der Waals surface area contributed by atoms with E-state index in [1.54, 1.807) is 0 Å². The molecule has 2 N–H and O–H groups in total. The number of hydrogen-bond donors (Lipinski definition) is 2. The molecule has 0 saturated heterocycles. The van der Waals surface area contributed by atoms with Gasteiger partial charge in [-0.25, -0.2) is 0 Å². The third-order valence-corrected chi connectivity index (χ3v) is 4.04. The van der Waals surface area contributed by atoms with E-state index in [1.165, 1.54) is 0 Å². The molecular formula is C15H31NO. The maximum Gasteiger partial charge on any atom is 0.0772 e. The first kappa shape index (κ1) is 15.0. The summed E-state index contributed by atoms with van der Waals surface area (Å²) in [6.07, 6.45) is 5.34. The van der Waals surface area contributed by atoms with Crippen LogP contribution in [0.3, 0.4) is 0 Å². The van der Waals surface area contributed by atoms with E-state index < -0.39 is 5.60 Å². The standard InChI is InChI=1S/C15H31NO/c1-13(2,3)10-11-16-12-15(17)8-6-14(4,5)7-9-15/h16-17H,6-12H2,1-5H3. The molecule has 102 valence electrons. The molecule has 1 saturated carbocycles. The summed E-state index contributed by atoms with van der Waals surface area (Å²) in [5.74, 6) is 0. The van der Waals surface area contributed by atoms with Gasteiger partial charge in [-0.2, -0.15) is 0 Å². The van der Waals surface area contributed by atoms with E-state index in [0.29, 0.717) is 10.8 Å². The molecule has 1 aliphatic rings. The Morgan fingerprint density at radius 1 is 1.06 bits per heavy atom. The van der Waals surface area contributed by atoms with Crippen molar-refractivity contribution < 1.29 is 5.11 Å². The molecule has 0 atom stereocenters. The molecule has 0 bridgehead atoms. The Kier molecular flexibility index (Phi) is 4.65. The quantitative estimate of drug-likeness (QED) is 0.740. The lowest BCUT2D eigenvalue weighted by molar-refractivity contribution is -0.0244. The van der Waals surface area contributed by atoms with Crippen LogP contribution in [0.15, 0.2) is 0 Å². The number of rotatable bonds is 4. The maximum atomic E-state index is 10.5. The van der Waals surface area contributed by atoms with Crippen molar-refractivity contribution in [2.45, 2.75) is 72.3 Å². The summed E-state index contributed by atoms with van der Waals surface area (Å²) >= 11 is 0. The van der Waals surface area contributed by atoms with Crippen LogP contribution in [-0.4, -0.2) is 23.8 Å². The van der Waals surface area contributed by atoms with Crippen LogP contribution >= 0.6 is 0 Å². The van der Waals surface area contributed by atoms with Gasteiger partial charge in [0.05, 0.1) is 5.60 Å². The van der Waals surface area contributed by atoms with E-state index in [1.807, 2.05) is 0 Å². The van der Waals surface area contributed by atoms with Crippen LogP contribution in [0.25, 0.3) is 0 Å². The highest BCUT2D eigenvalue weighted by Crippen LogP contribution is 2.39. The Labute approximate surface area is 107 Å². The zero-order chi connectivity index (χ0) is 13.2. The van der Waals surface area contributed by atoms with Crippen LogP contribution in [-0.2, 0) is 0 Å². The largest absolute Gasteiger partial charge is 0.389 e. The molecule has 0 radical (unpaired) electrons. The second-order valence-corrected chi connectivity index (χ2v) is 7.88. The third kappa shape index (κ3) is 5.87. The molecule has 1 fully saturated rings. The zero-order valence-corrected chi connectivity index (χ0v) is 12.4. The van der Waals surface area contributed by atoms with Crippen molar-refractivity contribution in [3.63, 3.8) is 0 Å². The van der Waals surface area contributed by atoms with E-state index >= 15 is 0 Å². The molecule has 1 rings (SSSR count). The Balaban J connectivity index is 2.23. The summed E-state index contributed by atoms with van der Waals surface area (Å²) in [7, 11) is 0. The van der Waals surface area contributed by atoms with Crippen LogP contribution in [0.4, 0.5) is 0 Å². The average molecular weight is 241 g/mol. The Morgan fingerprint density at radius 2 is 1.59 bits per heavy atom. The van der Waals surface area contributed by atoms with Crippen molar-refractivity contribution in [3.8, 4) is 0 Å². The summed E-state index contributed by atoms with van der Waals surface area (Å²) in [6, 6.07) is 0. The Bertz CT molecular complexity index is 230. The molecule has 0 spiro atoms. The predicted octanol–water partition coefficient (Wildman–Crippen LogP) is 3.34. The van der Waals surface area contributed by atoms with Gasteiger partial charge >= 0.3 is 0 Å². The molecule has 0 aliphatic heterocycles. The Hall–Kier alpha value is -0.0800. The van der Waals surface area contributed by atoms with Gasteiger partial charge in [0.1, 0.15) is 0 Å². The van der Waals surface area contributed by atoms with E-state index in [2.05, 4.69) is 39.9 Å². The van der Waals surface area contributed by atoms with Crippen molar-refractivity contribution in [2.24, 2.45) is 10.8 Å². The highest BCUT2D eigenvalue weighted by molar-refractivity contribution is 4.90. The lowest BCUT2D eigenvalue weighted by Gasteiger charge is -2.40. The molecule has 0 aromatic rings. The molecule has 1 aliphatic carbocycles. The molecule has 17 heavy (non-hydrogen) atoms. The van der Waals surface area contributed by atoms with Gasteiger partial charge in [0.25, 0.3) is 0 Å². The fourth-order valence-corrected chi connectivity index (χ4v) is 2.35. The van der Waals surface area contributed by atoms with Crippen LogP contribution < -0.4 is 5.32 Å². The van der Waals surface area contributed by atoms with Crippen molar-refractivity contribution in [1.82, 2.24) is 5.32 Å². The lowest BCUT2D eigenvalue weighted by Crippen LogP contribution is -2.45. The first-order valence-electron chi connectivity index (χ1n) is 7.05. The fraction of sp³-hybridized carbons (Fsp3) is 1.00. The van der Waals surface area contributed by atoms with Crippen molar-refractivity contribution in [2.75, 3.05) is 13.1 Å². The molecular weight excluding hydrogens is 210 g/mol. The van der Waals surface area contributed by atoms with E-state index in [4.69, 9.17) is 0 Å². The Morgan fingerprint density at radius 3 is 2.06 bits per heavy atom. The number of nitrogens with one attached hydrogen (secondary N) is 1. The first-order valence-corrected chi connectivity index (χ1v) is 7.05. The molecule has 0 amide bonds. The predicted molar refractivity (Wildman–Crippen MR) is 74.1 cm³/mol. The van der Waals surface area contributed by atoms with Crippen LogP contribution in [0, 0.1) is 10.8 Å². The number of hydrogen-bond acceptors (Lipinski definition) is 2.